The van der Waals surface area contributed by atoms with Crippen molar-refractivity contribution < 1.29 is 9.53 Å². The minimum atomic E-state index is -0.184. The van der Waals surface area contributed by atoms with Crippen molar-refractivity contribution in [3.05, 3.63) is 20.8 Å². The standard InChI is InChI=1S/C11H13BrO2S/c1-7-2-4-14-10(7)9(13)6-8-3-5-15-11(8)12/h3,5,7,10H,2,4,6H2,1H3. The predicted molar refractivity (Wildman–Crippen MR) is 64.3 cm³/mol. The zero-order valence-electron chi connectivity index (χ0n) is 8.53. The molecule has 0 saturated carbocycles. The fraction of sp³-hybridized carbons (Fsp3) is 0.545. The Balaban J connectivity index is 2.01. The van der Waals surface area contributed by atoms with Crippen LogP contribution >= 0.6 is 27.3 Å². The van der Waals surface area contributed by atoms with E-state index in [2.05, 4.69) is 22.9 Å². The maximum absolute atomic E-state index is 11.9. The maximum Gasteiger partial charge on any atom is 0.166 e. The molecular formula is C11H13BrO2S. The Hall–Kier alpha value is -0.190. The van der Waals surface area contributed by atoms with Gasteiger partial charge in [0.15, 0.2) is 5.78 Å². The van der Waals surface area contributed by atoms with Gasteiger partial charge in [0.1, 0.15) is 6.10 Å². The monoisotopic (exact) mass is 288 g/mol. The van der Waals surface area contributed by atoms with Crippen LogP contribution in [0.2, 0.25) is 0 Å². The molecule has 0 bridgehead atoms. The predicted octanol–water partition coefficient (Wildman–Crippen LogP) is 3.05. The second kappa shape index (κ2) is 4.76. The molecule has 2 rings (SSSR count). The maximum atomic E-state index is 11.9. The van der Waals surface area contributed by atoms with Gasteiger partial charge in [-0.05, 0) is 45.3 Å². The molecule has 0 amide bonds. The third kappa shape index (κ3) is 2.49. The summed E-state index contributed by atoms with van der Waals surface area (Å²) in [4.78, 5) is 11.9. The van der Waals surface area contributed by atoms with Gasteiger partial charge in [-0.2, -0.15) is 0 Å². The van der Waals surface area contributed by atoms with Crippen molar-refractivity contribution >= 4 is 33.0 Å². The van der Waals surface area contributed by atoms with E-state index in [1.165, 1.54) is 0 Å². The molecule has 2 atom stereocenters. The summed E-state index contributed by atoms with van der Waals surface area (Å²) in [6, 6.07) is 1.99. The molecule has 1 aromatic rings. The Morgan fingerprint density at radius 2 is 2.53 bits per heavy atom. The van der Waals surface area contributed by atoms with Gasteiger partial charge >= 0.3 is 0 Å². The van der Waals surface area contributed by atoms with Crippen LogP contribution in [0.3, 0.4) is 0 Å². The molecule has 2 heterocycles. The first kappa shape index (κ1) is 11.3. The fourth-order valence-electron chi connectivity index (χ4n) is 1.84. The van der Waals surface area contributed by atoms with E-state index in [1.54, 1.807) is 11.3 Å². The minimum Gasteiger partial charge on any atom is -0.370 e. The number of thiophene rings is 1. The molecule has 0 aliphatic carbocycles. The topological polar surface area (TPSA) is 26.3 Å². The highest BCUT2D eigenvalue weighted by Gasteiger charge is 2.30. The first-order valence-electron chi connectivity index (χ1n) is 5.04. The van der Waals surface area contributed by atoms with Crippen LogP contribution in [-0.4, -0.2) is 18.5 Å². The summed E-state index contributed by atoms with van der Waals surface area (Å²) in [5.74, 6) is 0.578. The highest BCUT2D eigenvalue weighted by Crippen LogP contribution is 2.27. The Kier molecular flexibility index (Phi) is 3.59. The van der Waals surface area contributed by atoms with E-state index in [4.69, 9.17) is 4.74 Å². The Morgan fingerprint density at radius 3 is 3.07 bits per heavy atom. The van der Waals surface area contributed by atoms with Crippen LogP contribution in [0.4, 0.5) is 0 Å². The van der Waals surface area contributed by atoms with Crippen molar-refractivity contribution in [1.29, 1.82) is 0 Å². The first-order valence-corrected chi connectivity index (χ1v) is 6.72. The van der Waals surface area contributed by atoms with Gasteiger partial charge in [-0.1, -0.05) is 6.92 Å². The lowest BCUT2D eigenvalue weighted by Crippen LogP contribution is -2.26. The fourth-order valence-corrected chi connectivity index (χ4v) is 3.08. The van der Waals surface area contributed by atoms with Gasteiger partial charge in [-0.3, -0.25) is 4.79 Å². The molecule has 2 nitrogen and oxygen atoms in total. The second-order valence-corrected chi connectivity index (χ2v) is 6.15. The number of Topliss-reactive ketones (excluding diaryl/α,β-unsaturated/α-hetero) is 1. The van der Waals surface area contributed by atoms with Gasteiger partial charge in [-0.15, -0.1) is 11.3 Å². The number of ether oxygens (including phenoxy) is 1. The molecule has 82 valence electrons. The molecule has 0 aromatic carbocycles. The summed E-state index contributed by atoms with van der Waals surface area (Å²) >= 11 is 5.06. The van der Waals surface area contributed by atoms with Crippen LogP contribution in [0.1, 0.15) is 18.9 Å². The van der Waals surface area contributed by atoms with Gasteiger partial charge in [0, 0.05) is 13.0 Å². The minimum absolute atomic E-state index is 0.184. The molecule has 0 N–H and O–H groups in total. The van der Waals surface area contributed by atoms with Crippen LogP contribution in [-0.2, 0) is 16.0 Å². The van der Waals surface area contributed by atoms with Crippen molar-refractivity contribution in [2.75, 3.05) is 6.61 Å². The van der Waals surface area contributed by atoms with Crippen molar-refractivity contribution in [3.8, 4) is 0 Å². The summed E-state index contributed by atoms with van der Waals surface area (Å²) in [7, 11) is 0. The van der Waals surface area contributed by atoms with Crippen molar-refractivity contribution in [2.45, 2.75) is 25.9 Å². The molecule has 1 aliphatic heterocycles. The van der Waals surface area contributed by atoms with Gasteiger partial charge in [-0.25, -0.2) is 0 Å². The first-order chi connectivity index (χ1) is 7.18. The average Bonchev–Trinajstić information content (AvgIpc) is 2.76. The quantitative estimate of drug-likeness (QED) is 0.855. The van der Waals surface area contributed by atoms with Crippen molar-refractivity contribution in [1.82, 2.24) is 0 Å². The van der Waals surface area contributed by atoms with E-state index < -0.39 is 0 Å². The Labute approximate surface area is 102 Å². The van der Waals surface area contributed by atoms with E-state index in [-0.39, 0.29) is 11.9 Å². The third-order valence-corrected chi connectivity index (χ3v) is 4.57. The SMILES string of the molecule is CC1CCOC1C(=O)Cc1ccsc1Br. The molecule has 4 heteroatoms. The van der Waals surface area contributed by atoms with Gasteiger partial charge in [0.2, 0.25) is 0 Å². The summed E-state index contributed by atoms with van der Waals surface area (Å²) in [5.41, 5.74) is 1.08. The van der Waals surface area contributed by atoms with Crippen molar-refractivity contribution in [3.63, 3.8) is 0 Å². The largest absolute Gasteiger partial charge is 0.370 e. The molecule has 1 fully saturated rings. The van der Waals surface area contributed by atoms with Crippen LogP contribution in [0, 0.1) is 5.92 Å². The number of ketones is 1. The Bertz CT molecular complexity index is 361. The van der Waals surface area contributed by atoms with Crippen LogP contribution in [0.5, 0.6) is 0 Å². The molecule has 15 heavy (non-hydrogen) atoms. The van der Waals surface area contributed by atoms with E-state index >= 15 is 0 Å². The molecule has 1 aromatic heterocycles. The van der Waals surface area contributed by atoms with Crippen LogP contribution in [0.25, 0.3) is 0 Å². The molecule has 1 aliphatic rings. The van der Waals surface area contributed by atoms with Crippen LogP contribution < -0.4 is 0 Å². The molecular weight excluding hydrogens is 276 g/mol. The number of rotatable bonds is 3. The Morgan fingerprint density at radius 1 is 1.73 bits per heavy atom. The molecule has 1 saturated heterocycles. The average molecular weight is 289 g/mol. The second-order valence-electron chi connectivity index (χ2n) is 3.92. The zero-order valence-corrected chi connectivity index (χ0v) is 10.9. The number of hydrogen-bond acceptors (Lipinski definition) is 3. The van der Waals surface area contributed by atoms with E-state index in [1.807, 2.05) is 11.4 Å². The summed E-state index contributed by atoms with van der Waals surface area (Å²) in [6.45, 7) is 2.81. The smallest absolute Gasteiger partial charge is 0.166 e. The lowest BCUT2D eigenvalue weighted by molar-refractivity contribution is -0.128. The number of halogens is 1. The lowest BCUT2D eigenvalue weighted by atomic mass is 9.97. The molecule has 0 radical (unpaired) electrons. The highest BCUT2D eigenvalue weighted by atomic mass is 79.9. The number of hydrogen-bond donors (Lipinski definition) is 0. The van der Waals surface area contributed by atoms with E-state index in [0.29, 0.717) is 12.3 Å². The number of carbonyl (C=O) groups excluding carboxylic acids is 1. The molecule has 0 spiro atoms. The van der Waals surface area contributed by atoms with Gasteiger partial charge < -0.3 is 4.74 Å². The van der Waals surface area contributed by atoms with E-state index in [0.717, 1.165) is 22.4 Å². The highest BCUT2D eigenvalue weighted by molar-refractivity contribution is 9.11. The summed E-state index contributed by atoms with van der Waals surface area (Å²) in [6.07, 6.45) is 1.30. The molecule has 2 unspecified atom stereocenters. The van der Waals surface area contributed by atoms with Gasteiger partial charge in [0.25, 0.3) is 0 Å². The third-order valence-electron chi connectivity index (χ3n) is 2.76. The summed E-state index contributed by atoms with van der Waals surface area (Å²) < 4.78 is 6.51. The van der Waals surface area contributed by atoms with E-state index in [9.17, 15) is 4.79 Å². The number of carbonyl (C=O) groups is 1. The van der Waals surface area contributed by atoms with Crippen molar-refractivity contribution in [2.24, 2.45) is 5.92 Å². The lowest BCUT2D eigenvalue weighted by Gasteiger charge is -2.12. The zero-order chi connectivity index (χ0) is 10.8. The summed E-state index contributed by atoms with van der Waals surface area (Å²) in [5, 5.41) is 1.99. The van der Waals surface area contributed by atoms with Gasteiger partial charge in [0.05, 0.1) is 3.79 Å². The normalized spacial score (nSPS) is 25.7. The van der Waals surface area contributed by atoms with Crippen LogP contribution in [0.15, 0.2) is 15.2 Å².